The maximum Gasteiger partial charge on any atom is 0.138 e. The van der Waals surface area contributed by atoms with Crippen molar-refractivity contribution in [3.63, 3.8) is 0 Å². The van der Waals surface area contributed by atoms with Crippen molar-refractivity contribution >= 4 is 27.4 Å². The number of aryl methyl sites for hydroxylation is 2. The molecule has 114 valence electrons. The third-order valence-electron chi connectivity index (χ3n) is 4.50. The highest BCUT2D eigenvalue weighted by Gasteiger charge is 2.21. The first-order valence-electron chi connectivity index (χ1n) is 7.97. The third-order valence-corrected chi connectivity index (χ3v) is 5.70. The van der Waals surface area contributed by atoms with Gasteiger partial charge in [-0.1, -0.05) is 13.8 Å². The molecule has 1 aliphatic carbocycles. The Balaban J connectivity index is 1.81. The molecular weight excluding hydrogens is 280 g/mol. The van der Waals surface area contributed by atoms with Crippen molar-refractivity contribution in [2.24, 2.45) is 0 Å². The van der Waals surface area contributed by atoms with E-state index >= 15 is 0 Å². The standard InChI is InChI=1S/C16H24N4S/c1-4-20(5-2)11(3)9-17-15-14-12-7-6-8-13(12)21-16(14)19-10-18-15/h10-11H,4-9H2,1-3H3,(H,17,18,19)/t11-/m0/s1. The van der Waals surface area contributed by atoms with Gasteiger partial charge in [0.25, 0.3) is 0 Å². The molecule has 0 amide bonds. The number of rotatable bonds is 6. The fourth-order valence-corrected chi connectivity index (χ4v) is 4.51. The summed E-state index contributed by atoms with van der Waals surface area (Å²) in [5, 5.41) is 4.85. The molecule has 0 saturated carbocycles. The average molecular weight is 304 g/mol. The zero-order valence-corrected chi connectivity index (χ0v) is 14.0. The van der Waals surface area contributed by atoms with Crippen LogP contribution < -0.4 is 5.32 Å². The Hall–Kier alpha value is -1.20. The van der Waals surface area contributed by atoms with Gasteiger partial charge < -0.3 is 5.32 Å². The second kappa shape index (κ2) is 6.28. The summed E-state index contributed by atoms with van der Waals surface area (Å²) in [7, 11) is 0. The van der Waals surface area contributed by atoms with E-state index in [4.69, 9.17) is 0 Å². The molecule has 0 fully saturated rings. The van der Waals surface area contributed by atoms with Gasteiger partial charge in [0.1, 0.15) is 17.0 Å². The van der Waals surface area contributed by atoms with Crippen LogP contribution in [0.3, 0.4) is 0 Å². The Morgan fingerprint density at radius 2 is 2.10 bits per heavy atom. The number of fused-ring (bicyclic) bond motifs is 3. The van der Waals surface area contributed by atoms with Crippen LogP contribution in [0.1, 0.15) is 37.6 Å². The molecule has 2 aromatic heterocycles. The number of nitrogens with zero attached hydrogens (tertiary/aromatic N) is 3. The quantitative estimate of drug-likeness (QED) is 0.889. The fourth-order valence-electron chi connectivity index (χ4n) is 3.28. The third kappa shape index (κ3) is 2.77. The molecule has 1 N–H and O–H groups in total. The summed E-state index contributed by atoms with van der Waals surface area (Å²) >= 11 is 1.85. The summed E-state index contributed by atoms with van der Waals surface area (Å²) in [4.78, 5) is 14.1. The Morgan fingerprint density at radius 3 is 2.86 bits per heavy atom. The normalized spacial score (nSPS) is 15.6. The van der Waals surface area contributed by atoms with Crippen LogP contribution in [0.5, 0.6) is 0 Å². The predicted octanol–water partition coefficient (Wildman–Crippen LogP) is 3.32. The molecule has 1 aliphatic rings. The summed E-state index contributed by atoms with van der Waals surface area (Å²) in [6.07, 6.45) is 5.37. The summed E-state index contributed by atoms with van der Waals surface area (Å²) in [5.74, 6) is 1.03. The highest BCUT2D eigenvalue weighted by atomic mass is 32.1. The lowest BCUT2D eigenvalue weighted by atomic mass is 10.2. The molecule has 21 heavy (non-hydrogen) atoms. The Bertz CT molecular complexity index is 618. The van der Waals surface area contributed by atoms with Crippen molar-refractivity contribution in [1.29, 1.82) is 0 Å². The van der Waals surface area contributed by atoms with Crippen LogP contribution in [-0.2, 0) is 12.8 Å². The Labute approximate surface area is 130 Å². The molecule has 2 aromatic rings. The predicted molar refractivity (Wildman–Crippen MR) is 90.3 cm³/mol. The monoisotopic (exact) mass is 304 g/mol. The molecule has 0 bridgehead atoms. The van der Waals surface area contributed by atoms with Gasteiger partial charge in [0.15, 0.2) is 0 Å². The topological polar surface area (TPSA) is 41.0 Å². The van der Waals surface area contributed by atoms with E-state index in [1.54, 1.807) is 6.33 Å². The van der Waals surface area contributed by atoms with Crippen LogP contribution in [0.15, 0.2) is 6.33 Å². The van der Waals surface area contributed by atoms with Crippen molar-refractivity contribution < 1.29 is 0 Å². The zero-order chi connectivity index (χ0) is 14.8. The number of nitrogens with one attached hydrogen (secondary N) is 1. The molecule has 4 nitrogen and oxygen atoms in total. The number of hydrogen-bond acceptors (Lipinski definition) is 5. The van der Waals surface area contributed by atoms with Gasteiger partial charge >= 0.3 is 0 Å². The van der Waals surface area contributed by atoms with E-state index in [-0.39, 0.29) is 0 Å². The lowest BCUT2D eigenvalue weighted by molar-refractivity contribution is 0.240. The van der Waals surface area contributed by atoms with Crippen molar-refractivity contribution in [1.82, 2.24) is 14.9 Å². The van der Waals surface area contributed by atoms with Crippen LogP contribution in [0, 0.1) is 0 Å². The van der Waals surface area contributed by atoms with Crippen LogP contribution in [0.25, 0.3) is 10.2 Å². The maximum atomic E-state index is 4.51. The second-order valence-electron chi connectivity index (χ2n) is 5.71. The van der Waals surface area contributed by atoms with Gasteiger partial charge in [0.2, 0.25) is 0 Å². The van der Waals surface area contributed by atoms with Crippen LogP contribution in [0.2, 0.25) is 0 Å². The van der Waals surface area contributed by atoms with Crippen molar-refractivity contribution in [2.45, 2.75) is 46.1 Å². The van der Waals surface area contributed by atoms with E-state index in [9.17, 15) is 0 Å². The average Bonchev–Trinajstić information content (AvgIpc) is 3.06. The van der Waals surface area contributed by atoms with Crippen molar-refractivity contribution in [3.05, 3.63) is 16.8 Å². The summed E-state index contributed by atoms with van der Waals surface area (Å²) in [6, 6.07) is 0.511. The van der Waals surface area contributed by atoms with Gasteiger partial charge in [-0.3, -0.25) is 4.90 Å². The van der Waals surface area contributed by atoms with Crippen molar-refractivity contribution in [2.75, 3.05) is 25.0 Å². The molecule has 2 heterocycles. The molecule has 0 spiro atoms. The largest absolute Gasteiger partial charge is 0.368 e. The SMILES string of the molecule is CCN(CC)[C@@H](C)CNc1ncnc2sc3c(c12)CCC3. The van der Waals surface area contributed by atoms with Gasteiger partial charge in [-0.25, -0.2) is 9.97 Å². The minimum atomic E-state index is 0.511. The summed E-state index contributed by atoms with van der Waals surface area (Å²) in [5.41, 5.74) is 1.49. The smallest absolute Gasteiger partial charge is 0.138 e. The van der Waals surface area contributed by atoms with E-state index in [1.807, 2.05) is 11.3 Å². The van der Waals surface area contributed by atoms with E-state index < -0.39 is 0 Å². The van der Waals surface area contributed by atoms with E-state index in [0.29, 0.717) is 6.04 Å². The highest BCUT2D eigenvalue weighted by molar-refractivity contribution is 7.19. The van der Waals surface area contributed by atoms with Gasteiger partial charge in [-0.05, 0) is 44.8 Å². The number of likely N-dealkylation sites (N-methyl/N-ethyl adjacent to an activating group) is 1. The second-order valence-corrected chi connectivity index (χ2v) is 6.79. The first-order chi connectivity index (χ1) is 10.2. The number of thiophene rings is 1. The molecule has 0 radical (unpaired) electrons. The maximum absolute atomic E-state index is 4.51. The van der Waals surface area contributed by atoms with Crippen LogP contribution >= 0.6 is 11.3 Å². The Kier molecular flexibility index (Phi) is 4.40. The summed E-state index contributed by atoms with van der Waals surface area (Å²) < 4.78 is 0. The number of aromatic nitrogens is 2. The van der Waals surface area contributed by atoms with Crippen LogP contribution in [0.4, 0.5) is 5.82 Å². The van der Waals surface area contributed by atoms with Gasteiger partial charge in [0.05, 0.1) is 5.39 Å². The number of hydrogen-bond donors (Lipinski definition) is 1. The summed E-state index contributed by atoms with van der Waals surface area (Å²) in [6.45, 7) is 9.82. The number of anilines is 1. The molecule has 0 unspecified atom stereocenters. The molecule has 1 atom stereocenters. The fraction of sp³-hybridized carbons (Fsp3) is 0.625. The van der Waals surface area contributed by atoms with Gasteiger partial charge in [-0.15, -0.1) is 11.3 Å². The zero-order valence-electron chi connectivity index (χ0n) is 13.1. The van der Waals surface area contributed by atoms with Gasteiger partial charge in [0, 0.05) is 17.5 Å². The van der Waals surface area contributed by atoms with Crippen molar-refractivity contribution in [3.8, 4) is 0 Å². The molecule has 5 heteroatoms. The van der Waals surface area contributed by atoms with E-state index in [2.05, 4.69) is 41.0 Å². The van der Waals surface area contributed by atoms with E-state index in [0.717, 1.165) is 30.3 Å². The molecule has 3 rings (SSSR count). The molecule has 0 aliphatic heterocycles. The molecular formula is C16H24N4S. The van der Waals surface area contributed by atoms with Crippen LogP contribution in [-0.4, -0.2) is 40.5 Å². The lowest BCUT2D eigenvalue weighted by Crippen LogP contribution is -2.37. The van der Waals surface area contributed by atoms with Gasteiger partial charge in [-0.2, -0.15) is 0 Å². The molecule has 0 aromatic carbocycles. The lowest BCUT2D eigenvalue weighted by Gasteiger charge is -2.26. The highest BCUT2D eigenvalue weighted by Crippen LogP contribution is 2.38. The molecule has 0 saturated heterocycles. The first-order valence-corrected chi connectivity index (χ1v) is 8.79. The first kappa shape index (κ1) is 14.7. The minimum absolute atomic E-state index is 0.511. The Morgan fingerprint density at radius 1 is 1.29 bits per heavy atom. The minimum Gasteiger partial charge on any atom is -0.368 e. The van der Waals surface area contributed by atoms with E-state index in [1.165, 1.54) is 35.1 Å².